The van der Waals surface area contributed by atoms with E-state index in [1.807, 2.05) is 33.8 Å². The number of ether oxygens (including phenoxy) is 2. The molecule has 1 aromatic heterocycles. The molecule has 1 aliphatic heterocycles. The quantitative estimate of drug-likeness (QED) is 0.429. The molecule has 0 fully saturated rings. The Morgan fingerprint density at radius 1 is 1.16 bits per heavy atom. The first kappa shape index (κ1) is 20.8. The van der Waals surface area contributed by atoms with Gasteiger partial charge in [0.05, 0.1) is 18.1 Å². The summed E-state index contributed by atoms with van der Waals surface area (Å²) in [7, 11) is 1.45. The first-order valence-corrected chi connectivity index (χ1v) is 10.2. The summed E-state index contributed by atoms with van der Waals surface area (Å²) >= 11 is 0. The largest absolute Gasteiger partial charge is 0.506 e. The first-order chi connectivity index (χ1) is 14.6. The number of rotatable bonds is 4. The molecule has 0 spiro atoms. The van der Waals surface area contributed by atoms with E-state index >= 15 is 0 Å². The summed E-state index contributed by atoms with van der Waals surface area (Å²) < 4.78 is 17.3. The van der Waals surface area contributed by atoms with Gasteiger partial charge in [0.25, 0.3) is 0 Å². The summed E-state index contributed by atoms with van der Waals surface area (Å²) in [5.41, 5.74) is 1.65. The fourth-order valence-corrected chi connectivity index (χ4v) is 4.01. The molecule has 0 amide bonds. The third-order valence-electron chi connectivity index (χ3n) is 5.44. The fourth-order valence-electron chi connectivity index (χ4n) is 4.01. The minimum Gasteiger partial charge on any atom is -0.506 e. The highest BCUT2D eigenvalue weighted by molar-refractivity contribution is 5.99. The van der Waals surface area contributed by atoms with E-state index in [9.17, 15) is 15.0 Å². The van der Waals surface area contributed by atoms with E-state index in [1.54, 1.807) is 12.1 Å². The van der Waals surface area contributed by atoms with Crippen molar-refractivity contribution in [3.8, 4) is 23.0 Å². The summed E-state index contributed by atoms with van der Waals surface area (Å²) in [6, 6.07) is 2.99. The molecule has 0 unspecified atom stereocenters. The number of aromatic hydroxyl groups is 2. The number of methoxy groups -OCH3 is 1. The molecule has 3 aromatic rings. The van der Waals surface area contributed by atoms with Gasteiger partial charge in [0.1, 0.15) is 33.7 Å². The number of benzene rings is 2. The predicted octanol–water partition coefficient (Wildman–Crippen LogP) is 5.45. The monoisotopic (exact) mass is 422 g/mol. The molecule has 4 rings (SSSR count). The Morgan fingerprint density at radius 3 is 2.55 bits per heavy atom. The molecule has 2 heterocycles. The number of fused-ring (bicyclic) bond motifs is 3. The zero-order valence-electron chi connectivity index (χ0n) is 18.3. The minimum absolute atomic E-state index is 0.0791. The molecule has 2 N–H and O–H groups in total. The molecule has 2 aromatic carbocycles. The zero-order chi connectivity index (χ0) is 22.5. The van der Waals surface area contributed by atoms with Gasteiger partial charge in [-0.15, -0.1) is 0 Å². The SMILES string of the molecule is COc1c(O)cc2oc3cc4c(c(O)c3c(=O)c2c1CCC=C(C)C)C=CC(C)(C)O4. The van der Waals surface area contributed by atoms with Crippen LogP contribution in [-0.4, -0.2) is 22.9 Å². The van der Waals surface area contributed by atoms with Gasteiger partial charge in [-0.1, -0.05) is 11.6 Å². The Kier molecular flexibility index (Phi) is 4.96. The Morgan fingerprint density at radius 2 is 1.87 bits per heavy atom. The van der Waals surface area contributed by atoms with Crippen LogP contribution >= 0.6 is 0 Å². The van der Waals surface area contributed by atoms with E-state index < -0.39 is 5.60 Å². The van der Waals surface area contributed by atoms with Gasteiger partial charge in [-0.25, -0.2) is 0 Å². The van der Waals surface area contributed by atoms with Crippen molar-refractivity contribution >= 4 is 28.0 Å². The maximum Gasteiger partial charge on any atom is 0.204 e. The molecule has 0 radical (unpaired) electrons. The van der Waals surface area contributed by atoms with Gasteiger partial charge >= 0.3 is 0 Å². The Labute approximate surface area is 180 Å². The molecule has 0 saturated carbocycles. The van der Waals surface area contributed by atoms with Gasteiger partial charge in [-0.3, -0.25) is 4.79 Å². The van der Waals surface area contributed by atoms with E-state index in [0.717, 1.165) is 5.57 Å². The van der Waals surface area contributed by atoms with E-state index in [2.05, 4.69) is 6.08 Å². The standard InChI is InChI=1S/C25H26O6/c1-13(2)7-6-8-15-20-18(11-16(26)24(15)29-5)30-19-12-17-14(9-10-25(3,4)31-17)22(27)21(19)23(20)28/h7,9-12,26-27H,6,8H2,1-5H3. The van der Waals surface area contributed by atoms with Crippen molar-refractivity contribution in [2.24, 2.45) is 0 Å². The van der Waals surface area contributed by atoms with Crippen molar-refractivity contribution in [3.63, 3.8) is 0 Å². The molecule has 0 bridgehead atoms. The second kappa shape index (κ2) is 7.38. The smallest absolute Gasteiger partial charge is 0.204 e. The summed E-state index contributed by atoms with van der Waals surface area (Å²) in [5, 5.41) is 21.8. The highest BCUT2D eigenvalue weighted by Gasteiger charge is 2.28. The normalized spacial score (nSPS) is 14.4. The van der Waals surface area contributed by atoms with Crippen LogP contribution in [0.5, 0.6) is 23.0 Å². The Bertz CT molecular complexity index is 1320. The highest BCUT2D eigenvalue weighted by atomic mass is 16.5. The predicted molar refractivity (Wildman–Crippen MR) is 121 cm³/mol. The molecule has 0 aliphatic carbocycles. The van der Waals surface area contributed by atoms with Crippen molar-refractivity contribution in [1.29, 1.82) is 0 Å². The second-order valence-corrected chi connectivity index (χ2v) is 8.58. The third kappa shape index (κ3) is 3.52. The van der Waals surface area contributed by atoms with Gasteiger partial charge in [0.2, 0.25) is 5.43 Å². The molecule has 0 saturated heterocycles. The minimum atomic E-state index is -0.548. The van der Waals surface area contributed by atoms with Crippen molar-refractivity contribution in [2.75, 3.05) is 7.11 Å². The van der Waals surface area contributed by atoms with Crippen LogP contribution in [0.4, 0.5) is 0 Å². The summed E-state index contributed by atoms with van der Waals surface area (Å²) in [4.78, 5) is 13.6. The number of hydrogen-bond acceptors (Lipinski definition) is 6. The molecule has 0 atom stereocenters. The summed E-state index contributed by atoms with van der Waals surface area (Å²) in [6.45, 7) is 7.79. The second-order valence-electron chi connectivity index (χ2n) is 8.58. The topological polar surface area (TPSA) is 89.1 Å². The molecule has 6 heteroatoms. The lowest BCUT2D eigenvalue weighted by Crippen LogP contribution is -2.27. The van der Waals surface area contributed by atoms with Crippen molar-refractivity contribution in [2.45, 2.75) is 46.1 Å². The number of aryl methyl sites for hydroxylation is 1. The van der Waals surface area contributed by atoms with E-state index in [0.29, 0.717) is 35.1 Å². The number of allylic oxidation sites excluding steroid dienone is 2. The van der Waals surface area contributed by atoms with Crippen LogP contribution < -0.4 is 14.9 Å². The highest BCUT2D eigenvalue weighted by Crippen LogP contribution is 2.43. The molecular weight excluding hydrogens is 396 g/mol. The lowest BCUT2D eigenvalue weighted by atomic mass is 9.97. The lowest BCUT2D eigenvalue weighted by molar-refractivity contribution is 0.158. The van der Waals surface area contributed by atoms with E-state index in [-0.39, 0.29) is 39.2 Å². The van der Waals surface area contributed by atoms with Crippen LogP contribution in [0.15, 0.2) is 39.1 Å². The van der Waals surface area contributed by atoms with Crippen LogP contribution in [0.25, 0.3) is 28.0 Å². The number of phenols is 2. The zero-order valence-corrected chi connectivity index (χ0v) is 18.3. The molecule has 31 heavy (non-hydrogen) atoms. The maximum absolute atomic E-state index is 13.6. The fraction of sp³-hybridized carbons (Fsp3) is 0.320. The van der Waals surface area contributed by atoms with Crippen LogP contribution in [0.1, 0.15) is 45.2 Å². The lowest BCUT2D eigenvalue weighted by Gasteiger charge is -2.28. The van der Waals surface area contributed by atoms with E-state index in [4.69, 9.17) is 13.9 Å². The maximum atomic E-state index is 13.6. The summed E-state index contributed by atoms with van der Waals surface area (Å²) in [5.74, 6) is 0.384. The Balaban J connectivity index is 2.05. The third-order valence-corrected chi connectivity index (χ3v) is 5.44. The average Bonchev–Trinajstić information content (AvgIpc) is 2.66. The van der Waals surface area contributed by atoms with Crippen molar-refractivity contribution in [1.82, 2.24) is 0 Å². The van der Waals surface area contributed by atoms with E-state index in [1.165, 1.54) is 13.2 Å². The van der Waals surface area contributed by atoms with Gasteiger partial charge in [0, 0.05) is 17.7 Å². The summed E-state index contributed by atoms with van der Waals surface area (Å²) in [6.07, 6.45) is 6.77. The van der Waals surface area contributed by atoms with Crippen molar-refractivity contribution < 1.29 is 24.1 Å². The first-order valence-electron chi connectivity index (χ1n) is 10.2. The van der Waals surface area contributed by atoms with Crippen LogP contribution in [0.3, 0.4) is 0 Å². The van der Waals surface area contributed by atoms with Gasteiger partial charge in [-0.2, -0.15) is 0 Å². The number of phenolic OH excluding ortho intramolecular Hbond substituents is 2. The Hall–Kier alpha value is -3.41. The van der Waals surface area contributed by atoms with Crippen molar-refractivity contribution in [3.05, 3.63) is 51.2 Å². The van der Waals surface area contributed by atoms with Crippen LogP contribution in [0, 0.1) is 0 Å². The van der Waals surface area contributed by atoms with Crippen LogP contribution in [0.2, 0.25) is 0 Å². The van der Waals surface area contributed by atoms with Crippen LogP contribution in [-0.2, 0) is 6.42 Å². The van der Waals surface area contributed by atoms with Gasteiger partial charge < -0.3 is 24.1 Å². The molecule has 1 aliphatic rings. The number of hydrogen-bond donors (Lipinski definition) is 2. The molecule has 162 valence electrons. The molecular formula is C25H26O6. The van der Waals surface area contributed by atoms with Gasteiger partial charge in [0.15, 0.2) is 11.5 Å². The van der Waals surface area contributed by atoms with Gasteiger partial charge in [-0.05, 0) is 52.7 Å². The molecule has 6 nitrogen and oxygen atoms in total. The average molecular weight is 422 g/mol.